The van der Waals surface area contributed by atoms with Gasteiger partial charge in [-0.1, -0.05) is 48.9 Å². The molecular weight excluding hydrogens is 304 g/mol. The fourth-order valence-electron chi connectivity index (χ4n) is 3.31. The summed E-state index contributed by atoms with van der Waals surface area (Å²) in [4.78, 5) is 0. The van der Waals surface area contributed by atoms with Gasteiger partial charge >= 0.3 is 0 Å². The van der Waals surface area contributed by atoms with E-state index in [0.29, 0.717) is 0 Å². The van der Waals surface area contributed by atoms with Gasteiger partial charge in [-0.25, -0.2) is 0 Å². The van der Waals surface area contributed by atoms with Gasteiger partial charge in [-0.15, -0.1) is 0 Å². The van der Waals surface area contributed by atoms with Gasteiger partial charge < -0.3 is 9.88 Å². The van der Waals surface area contributed by atoms with Crippen molar-refractivity contribution >= 4 is 11.6 Å². The highest BCUT2D eigenvalue weighted by molar-refractivity contribution is 6.30. The first-order valence-electron chi connectivity index (χ1n) is 8.04. The van der Waals surface area contributed by atoms with E-state index in [2.05, 4.69) is 65.5 Å². The van der Waals surface area contributed by atoms with Gasteiger partial charge in [-0.3, -0.25) is 0 Å². The first-order chi connectivity index (χ1) is 11.3. The number of benzene rings is 2. The Morgan fingerprint density at radius 1 is 1.13 bits per heavy atom. The van der Waals surface area contributed by atoms with Crippen molar-refractivity contribution in [1.29, 1.82) is 0 Å². The first kappa shape index (κ1) is 14.6. The number of aryl methyl sites for hydroxylation is 1. The largest absolute Gasteiger partial charge is 0.319 e. The molecule has 0 saturated heterocycles. The lowest BCUT2D eigenvalue weighted by Crippen LogP contribution is -2.21. The quantitative estimate of drug-likeness (QED) is 0.711. The number of halogens is 1. The van der Waals surface area contributed by atoms with E-state index in [9.17, 15) is 0 Å². The number of hydrogen-bond acceptors (Lipinski definition) is 1. The van der Waals surface area contributed by atoms with Crippen LogP contribution >= 0.6 is 11.6 Å². The Hall–Kier alpha value is -2.03. The Balaban J connectivity index is 1.81. The van der Waals surface area contributed by atoms with Gasteiger partial charge in [0.25, 0.3) is 0 Å². The zero-order chi connectivity index (χ0) is 15.8. The van der Waals surface area contributed by atoms with E-state index in [1.807, 2.05) is 12.1 Å². The minimum absolute atomic E-state index is 0.182. The van der Waals surface area contributed by atoms with Gasteiger partial charge in [-0.05, 0) is 47.4 Å². The van der Waals surface area contributed by atoms with Crippen LogP contribution in [0, 0.1) is 0 Å². The summed E-state index contributed by atoms with van der Waals surface area (Å²) in [5.41, 5.74) is 6.33. The molecule has 1 unspecified atom stereocenters. The fraction of sp³-hybridized carbons (Fsp3) is 0.200. The van der Waals surface area contributed by atoms with Crippen molar-refractivity contribution in [3.8, 4) is 5.69 Å². The minimum atomic E-state index is 0.182. The van der Waals surface area contributed by atoms with Gasteiger partial charge in [-0.2, -0.15) is 0 Å². The molecule has 2 heterocycles. The van der Waals surface area contributed by atoms with Crippen molar-refractivity contribution in [1.82, 2.24) is 9.88 Å². The number of aromatic nitrogens is 1. The van der Waals surface area contributed by atoms with Crippen LogP contribution in [0.15, 0.2) is 60.8 Å². The minimum Gasteiger partial charge on any atom is -0.319 e. The number of nitrogens with zero attached hydrogens (tertiary/aromatic N) is 1. The topological polar surface area (TPSA) is 17.0 Å². The lowest BCUT2D eigenvalue weighted by Gasteiger charge is -2.18. The maximum atomic E-state index is 6.22. The maximum Gasteiger partial charge on any atom is 0.0737 e. The molecule has 0 saturated carbocycles. The molecule has 4 rings (SSSR count). The average Bonchev–Trinajstić information content (AvgIpc) is 3.00. The Bertz CT molecular complexity index is 833. The van der Waals surface area contributed by atoms with Crippen molar-refractivity contribution in [3.05, 3.63) is 88.2 Å². The molecule has 3 aromatic rings. The van der Waals surface area contributed by atoms with Crippen LogP contribution in [0.25, 0.3) is 5.69 Å². The zero-order valence-corrected chi connectivity index (χ0v) is 13.8. The van der Waals surface area contributed by atoms with E-state index >= 15 is 0 Å². The van der Waals surface area contributed by atoms with Crippen LogP contribution in [-0.2, 0) is 13.0 Å². The van der Waals surface area contributed by atoms with Crippen molar-refractivity contribution in [2.45, 2.75) is 25.9 Å². The summed E-state index contributed by atoms with van der Waals surface area (Å²) < 4.78 is 2.25. The number of fused-ring (bicyclic) bond motifs is 3. The lowest BCUT2D eigenvalue weighted by molar-refractivity contribution is 0.601. The summed E-state index contributed by atoms with van der Waals surface area (Å²) in [5.74, 6) is 0. The third-order valence-corrected chi connectivity index (χ3v) is 4.84. The van der Waals surface area contributed by atoms with E-state index in [0.717, 1.165) is 23.7 Å². The molecule has 0 radical (unpaired) electrons. The molecular formula is C20H19ClN2. The first-order valence-corrected chi connectivity index (χ1v) is 8.42. The second kappa shape index (κ2) is 5.88. The molecule has 1 aromatic heterocycles. The smallest absolute Gasteiger partial charge is 0.0737 e. The molecule has 0 bridgehead atoms. The number of rotatable bonds is 2. The predicted molar refractivity (Wildman–Crippen MR) is 95.3 cm³/mol. The highest BCUT2D eigenvalue weighted by Crippen LogP contribution is 2.31. The third-order valence-electron chi connectivity index (χ3n) is 4.60. The van der Waals surface area contributed by atoms with E-state index in [1.165, 1.54) is 22.4 Å². The third kappa shape index (κ3) is 2.58. The van der Waals surface area contributed by atoms with Gasteiger partial charge in [0.15, 0.2) is 0 Å². The van der Waals surface area contributed by atoms with E-state index in [-0.39, 0.29) is 6.04 Å². The maximum absolute atomic E-state index is 6.22. The summed E-state index contributed by atoms with van der Waals surface area (Å²) in [6.45, 7) is 3.01. The second-order valence-electron chi connectivity index (χ2n) is 5.99. The summed E-state index contributed by atoms with van der Waals surface area (Å²) in [6, 6.07) is 19.5. The Morgan fingerprint density at radius 3 is 2.74 bits per heavy atom. The van der Waals surface area contributed by atoms with Crippen LogP contribution in [0.2, 0.25) is 5.02 Å². The van der Waals surface area contributed by atoms with Crippen LogP contribution in [0.4, 0.5) is 0 Å². The Kier molecular flexibility index (Phi) is 3.72. The zero-order valence-electron chi connectivity index (χ0n) is 13.1. The van der Waals surface area contributed by atoms with Gasteiger partial charge in [0.2, 0.25) is 0 Å². The highest BCUT2D eigenvalue weighted by atomic mass is 35.5. The Morgan fingerprint density at radius 2 is 1.96 bits per heavy atom. The molecule has 0 aliphatic carbocycles. The molecule has 0 amide bonds. The van der Waals surface area contributed by atoms with Crippen molar-refractivity contribution < 1.29 is 0 Å². The highest BCUT2D eigenvalue weighted by Gasteiger charge is 2.22. The van der Waals surface area contributed by atoms with Gasteiger partial charge in [0.1, 0.15) is 0 Å². The molecule has 0 fully saturated rings. The number of nitrogens with one attached hydrogen (secondary N) is 1. The molecule has 1 aliphatic heterocycles. The normalized spacial score (nSPS) is 16.5. The Labute approximate surface area is 141 Å². The van der Waals surface area contributed by atoms with Crippen LogP contribution in [0.5, 0.6) is 0 Å². The lowest BCUT2D eigenvalue weighted by atomic mass is 10.0. The van der Waals surface area contributed by atoms with Gasteiger partial charge in [0.05, 0.1) is 11.7 Å². The predicted octanol–water partition coefficient (Wildman–Crippen LogP) is 4.89. The fourth-order valence-corrected chi connectivity index (χ4v) is 3.48. The molecule has 116 valence electrons. The van der Waals surface area contributed by atoms with Gasteiger partial charge in [0, 0.05) is 23.5 Å². The molecule has 0 spiro atoms. The summed E-state index contributed by atoms with van der Waals surface area (Å²) in [6.07, 6.45) is 3.18. The van der Waals surface area contributed by atoms with Crippen LogP contribution in [-0.4, -0.2) is 4.57 Å². The SMILES string of the molecule is CCc1ccc(C2NCc3ccc(Cl)cc3-n3cccc32)cc1. The summed E-state index contributed by atoms with van der Waals surface area (Å²) in [5, 5.41) is 4.46. The van der Waals surface area contributed by atoms with E-state index < -0.39 is 0 Å². The van der Waals surface area contributed by atoms with Crippen molar-refractivity contribution in [2.24, 2.45) is 0 Å². The van der Waals surface area contributed by atoms with Crippen LogP contribution in [0.1, 0.15) is 35.3 Å². The van der Waals surface area contributed by atoms with Crippen molar-refractivity contribution in [2.75, 3.05) is 0 Å². The standard InChI is InChI=1S/C20H19ClN2/c1-2-14-5-7-15(8-6-14)20-18-4-3-11-23(18)19-12-17(21)10-9-16(19)13-22-20/h3-12,20,22H,2,13H2,1H3. The van der Waals surface area contributed by atoms with E-state index in [4.69, 9.17) is 11.6 Å². The van der Waals surface area contributed by atoms with Crippen molar-refractivity contribution in [3.63, 3.8) is 0 Å². The average molecular weight is 323 g/mol. The molecule has 23 heavy (non-hydrogen) atoms. The molecule has 1 aliphatic rings. The molecule has 3 heteroatoms. The van der Waals surface area contributed by atoms with E-state index in [1.54, 1.807) is 0 Å². The monoisotopic (exact) mass is 322 g/mol. The molecule has 1 N–H and O–H groups in total. The molecule has 1 atom stereocenters. The van der Waals surface area contributed by atoms with Crippen LogP contribution in [0.3, 0.4) is 0 Å². The number of hydrogen-bond donors (Lipinski definition) is 1. The summed E-state index contributed by atoms with van der Waals surface area (Å²) >= 11 is 6.22. The van der Waals surface area contributed by atoms with Crippen LogP contribution < -0.4 is 5.32 Å². The second-order valence-corrected chi connectivity index (χ2v) is 6.42. The molecule has 2 aromatic carbocycles. The summed E-state index contributed by atoms with van der Waals surface area (Å²) in [7, 11) is 0. The molecule has 2 nitrogen and oxygen atoms in total.